The number of hydrogen-bond acceptors (Lipinski definition) is 4. The normalized spacial score (nSPS) is 16.9. The van der Waals surface area contributed by atoms with Crippen LogP contribution in [-0.2, 0) is 16.1 Å². The molecule has 0 radical (unpaired) electrons. The van der Waals surface area contributed by atoms with Gasteiger partial charge in [-0.25, -0.2) is 0 Å². The van der Waals surface area contributed by atoms with E-state index in [0.717, 1.165) is 35.2 Å². The van der Waals surface area contributed by atoms with Gasteiger partial charge in [-0.1, -0.05) is 22.0 Å². The van der Waals surface area contributed by atoms with Crippen LogP contribution in [0.4, 0.5) is 0 Å². The molecule has 1 amide bonds. The molecule has 0 spiro atoms. The van der Waals surface area contributed by atoms with E-state index in [1.54, 1.807) is 24.5 Å². The molecule has 2 heterocycles. The highest BCUT2D eigenvalue weighted by Crippen LogP contribution is 2.24. The number of hydrogen-bond donors (Lipinski definition) is 0. The van der Waals surface area contributed by atoms with Gasteiger partial charge in [0, 0.05) is 34.1 Å². The molecule has 1 aliphatic heterocycles. The number of nitrogens with zero attached hydrogens (tertiary/aromatic N) is 1. The number of carbonyl (C=O) groups excluding carboxylic acids is 1. The fourth-order valence-corrected chi connectivity index (χ4v) is 4.06. The maximum atomic E-state index is 12.9. The molecule has 2 aromatic rings. The number of benzene rings is 1. The summed E-state index contributed by atoms with van der Waals surface area (Å²) in [5, 5.41) is 2.03. The molecule has 26 heavy (non-hydrogen) atoms. The van der Waals surface area contributed by atoms with E-state index in [9.17, 15) is 4.79 Å². The van der Waals surface area contributed by atoms with E-state index in [2.05, 4.69) is 22.0 Å². The van der Waals surface area contributed by atoms with Crippen molar-refractivity contribution in [1.29, 1.82) is 0 Å². The Morgan fingerprint density at radius 1 is 1.46 bits per heavy atom. The van der Waals surface area contributed by atoms with Gasteiger partial charge in [0.15, 0.2) is 0 Å². The van der Waals surface area contributed by atoms with Gasteiger partial charge in [0.05, 0.1) is 19.8 Å². The second kappa shape index (κ2) is 9.35. The lowest BCUT2D eigenvalue weighted by Gasteiger charge is -2.24. The predicted octanol–water partition coefficient (Wildman–Crippen LogP) is 4.74. The van der Waals surface area contributed by atoms with E-state index in [1.807, 2.05) is 40.6 Å². The lowest BCUT2D eigenvalue weighted by Crippen LogP contribution is -2.35. The lowest BCUT2D eigenvalue weighted by atomic mass is 10.1. The summed E-state index contributed by atoms with van der Waals surface area (Å²) in [5.74, 6) is 0.720. The van der Waals surface area contributed by atoms with Gasteiger partial charge in [-0.3, -0.25) is 4.79 Å². The molecule has 1 unspecified atom stereocenters. The molecule has 4 nitrogen and oxygen atoms in total. The first-order chi connectivity index (χ1) is 12.7. The van der Waals surface area contributed by atoms with E-state index in [4.69, 9.17) is 9.47 Å². The van der Waals surface area contributed by atoms with Crippen molar-refractivity contribution < 1.29 is 14.3 Å². The molecule has 1 aromatic heterocycles. The number of amides is 1. The fraction of sp³-hybridized carbons (Fsp3) is 0.350. The fourth-order valence-electron chi connectivity index (χ4n) is 2.96. The first-order valence-electron chi connectivity index (χ1n) is 8.60. The van der Waals surface area contributed by atoms with Crippen LogP contribution in [0.3, 0.4) is 0 Å². The highest BCUT2D eigenvalue weighted by Gasteiger charge is 2.22. The molecule has 1 atom stereocenters. The SMILES string of the molecule is COc1ccc(Br)cc1/C=C/C(=O)N(Cc1cccs1)CC1CCCO1. The molecular formula is C20H22BrNO3S. The van der Waals surface area contributed by atoms with Crippen LogP contribution in [0.2, 0.25) is 0 Å². The Morgan fingerprint density at radius 2 is 2.35 bits per heavy atom. The Bertz CT molecular complexity index is 754. The van der Waals surface area contributed by atoms with Crippen molar-refractivity contribution in [3.63, 3.8) is 0 Å². The Kier molecular flexibility index (Phi) is 6.88. The Hall–Kier alpha value is -1.63. The third-order valence-corrected chi connectivity index (χ3v) is 5.64. The highest BCUT2D eigenvalue weighted by molar-refractivity contribution is 9.10. The molecular weight excluding hydrogens is 414 g/mol. The first-order valence-corrected chi connectivity index (χ1v) is 10.3. The smallest absolute Gasteiger partial charge is 0.246 e. The Balaban J connectivity index is 1.74. The summed E-state index contributed by atoms with van der Waals surface area (Å²) >= 11 is 5.12. The molecule has 0 aliphatic carbocycles. The third kappa shape index (κ3) is 5.19. The predicted molar refractivity (Wildman–Crippen MR) is 108 cm³/mol. The minimum Gasteiger partial charge on any atom is -0.496 e. The van der Waals surface area contributed by atoms with Crippen molar-refractivity contribution >= 4 is 39.2 Å². The largest absolute Gasteiger partial charge is 0.496 e. The lowest BCUT2D eigenvalue weighted by molar-refractivity contribution is -0.128. The summed E-state index contributed by atoms with van der Waals surface area (Å²) in [6.45, 7) is 2.02. The monoisotopic (exact) mass is 435 g/mol. The second-order valence-electron chi connectivity index (χ2n) is 6.15. The number of thiophene rings is 1. The van der Waals surface area contributed by atoms with Gasteiger partial charge < -0.3 is 14.4 Å². The van der Waals surface area contributed by atoms with Crippen molar-refractivity contribution in [2.45, 2.75) is 25.5 Å². The first kappa shape index (κ1) is 19.1. The van der Waals surface area contributed by atoms with Gasteiger partial charge in [0.2, 0.25) is 5.91 Å². The Labute approximate surface area is 166 Å². The number of ether oxygens (including phenoxy) is 2. The van der Waals surface area contributed by atoms with E-state index < -0.39 is 0 Å². The molecule has 1 aliphatic rings. The van der Waals surface area contributed by atoms with Crippen molar-refractivity contribution in [2.24, 2.45) is 0 Å². The second-order valence-corrected chi connectivity index (χ2v) is 8.10. The van der Waals surface area contributed by atoms with Crippen LogP contribution >= 0.6 is 27.3 Å². The van der Waals surface area contributed by atoms with Crippen LogP contribution in [0.1, 0.15) is 23.3 Å². The molecule has 6 heteroatoms. The summed E-state index contributed by atoms with van der Waals surface area (Å²) in [4.78, 5) is 15.9. The molecule has 0 N–H and O–H groups in total. The summed E-state index contributed by atoms with van der Waals surface area (Å²) in [6.07, 6.45) is 5.64. The average molecular weight is 436 g/mol. The number of methoxy groups -OCH3 is 1. The van der Waals surface area contributed by atoms with Gasteiger partial charge in [-0.15, -0.1) is 11.3 Å². The zero-order chi connectivity index (χ0) is 18.4. The van der Waals surface area contributed by atoms with Crippen LogP contribution in [0.15, 0.2) is 46.3 Å². The standard InChI is InChI=1S/C20H22BrNO3S/c1-24-19-8-7-16(21)12-15(19)6-9-20(23)22(13-17-4-2-10-25-17)14-18-5-3-11-26-18/h3,5-9,11-12,17H,2,4,10,13-14H2,1H3/b9-6+. The third-order valence-electron chi connectivity index (χ3n) is 4.28. The average Bonchev–Trinajstić information content (AvgIpc) is 3.33. The van der Waals surface area contributed by atoms with E-state index >= 15 is 0 Å². The van der Waals surface area contributed by atoms with Gasteiger partial charge in [0.25, 0.3) is 0 Å². The van der Waals surface area contributed by atoms with Crippen molar-refractivity contribution in [1.82, 2.24) is 4.90 Å². The molecule has 0 bridgehead atoms. The maximum Gasteiger partial charge on any atom is 0.246 e. The molecule has 0 saturated carbocycles. The molecule has 1 aromatic carbocycles. The minimum absolute atomic E-state index is 0.0177. The zero-order valence-corrected chi connectivity index (χ0v) is 17.1. The minimum atomic E-state index is -0.0177. The molecule has 1 saturated heterocycles. The molecule has 138 valence electrons. The topological polar surface area (TPSA) is 38.8 Å². The summed E-state index contributed by atoms with van der Waals surface area (Å²) in [5.41, 5.74) is 0.864. The number of halogens is 1. The van der Waals surface area contributed by atoms with E-state index in [-0.39, 0.29) is 12.0 Å². The van der Waals surface area contributed by atoms with E-state index in [0.29, 0.717) is 13.1 Å². The highest BCUT2D eigenvalue weighted by atomic mass is 79.9. The Morgan fingerprint density at radius 3 is 3.04 bits per heavy atom. The van der Waals surface area contributed by atoms with Crippen LogP contribution in [0.5, 0.6) is 5.75 Å². The number of carbonyl (C=O) groups is 1. The van der Waals surface area contributed by atoms with Gasteiger partial charge >= 0.3 is 0 Å². The van der Waals surface area contributed by atoms with Crippen LogP contribution in [-0.4, -0.2) is 37.2 Å². The maximum absolute atomic E-state index is 12.9. The zero-order valence-electron chi connectivity index (χ0n) is 14.7. The van der Waals surface area contributed by atoms with Gasteiger partial charge in [-0.05, 0) is 48.6 Å². The van der Waals surface area contributed by atoms with Crippen molar-refractivity contribution in [3.8, 4) is 5.75 Å². The molecule has 1 fully saturated rings. The van der Waals surface area contributed by atoms with Crippen LogP contribution in [0.25, 0.3) is 6.08 Å². The van der Waals surface area contributed by atoms with Crippen LogP contribution < -0.4 is 4.74 Å². The van der Waals surface area contributed by atoms with Crippen molar-refractivity contribution in [3.05, 3.63) is 56.7 Å². The number of rotatable bonds is 7. The van der Waals surface area contributed by atoms with Crippen LogP contribution in [0, 0.1) is 0 Å². The molecule has 3 rings (SSSR count). The van der Waals surface area contributed by atoms with Gasteiger partial charge in [0.1, 0.15) is 5.75 Å². The summed E-state index contributed by atoms with van der Waals surface area (Å²) in [6, 6.07) is 9.80. The van der Waals surface area contributed by atoms with Crippen molar-refractivity contribution in [2.75, 3.05) is 20.3 Å². The summed E-state index contributed by atoms with van der Waals surface area (Å²) in [7, 11) is 1.63. The van der Waals surface area contributed by atoms with Gasteiger partial charge in [-0.2, -0.15) is 0 Å². The quantitative estimate of drug-likeness (QED) is 0.589. The summed E-state index contributed by atoms with van der Waals surface area (Å²) < 4.78 is 12.0. The van der Waals surface area contributed by atoms with E-state index in [1.165, 1.54) is 4.88 Å².